The molecule has 0 aliphatic carbocycles. The average Bonchev–Trinajstić information content (AvgIpc) is 2.26. The van der Waals surface area contributed by atoms with Crippen molar-refractivity contribution in [1.82, 2.24) is 10.4 Å². The molecule has 6 heteroatoms. The Bertz CT molecular complexity index is 225. The van der Waals surface area contributed by atoms with Gasteiger partial charge in [-0.15, -0.1) is 0 Å². The van der Waals surface area contributed by atoms with E-state index in [4.69, 9.17) is 11.5 Å². The fourth-order valence-corrected chi connectivity index (χ4v) is 2.55. The predicted octanol–water partition coefficient (Wildman–Crippen LogP) is -0.117. The molecule has 19 heavy (non-hydrogen) atoms. The Morgan fingerprint density at radius 1 is 1.05 bits per heavy atom. The van der Waals surface area contributed by atoms with Gasteiger partial charge in [-0.05, 0) is 40.5 Å². The molecule has 0 amide bonds. The van der Waals surface area contributed by atoms with Gasteiger partial charge in [0.1, 0.15) is 0 Å². The lowest BCUT2D eigenvalue weighted by atomic mass is 9.80. The van der Waals surface area contributed by atoms with Crippen molar-refractivity contribution in [3.8, 4) is 0 Å². The third-order valence-electron chi connectivity index (χ3n) is 3.26. The smallest absolute Gasteiger partial charge is 0.0576 e. The monoisotopic (exact) mass is 276 g/mol. The van der Waals surface area contributed by atoms with E-state index < -0.39 is 0 Å². The number of hydroxylamine groups is 2. The molecule has 6 nitrogen and oxygen atoms in total. The van der Waals surface area contributed by atoms with Crippen LogP contribution >= 0.6 is 0 Å². The van der Waals surface area contributed by atoms with Crippen LogP contribution < -0.4 is 16.8 Å². The number of hydrogen-bond donors (Lipinski definition) is 5. The summed E-state index contributed by atoms with van der Waals surface area (Å²) >= 11 is 0. The predicted molar refractivity (Wildman–Crippen MR) is 78.0 cm³/mol. The Kier molecular flexibility index (Phi) is 8.03. The molecular weight excluding hydrogens is 244 g/mol. The highest BCUT2D eigenvalue weighted by Crippen LogP contribution is 2.36. The summed E-state index contributed by atoms with van der Waals surface area (Å²) in [6.45, 7) is 10.9. The van der Waals surface area contributed by atoms with Gasteiger partial charge in [-0.25, -0.2) is 0 Å². The average molecular weight is 276 g/mol. The lowest BCUT2D eigenvalue weighted by Crippen LogP contribution is -2.60. The molecule has 1 aliphatic rings. The summed E-state index contributed by atoms with van der Waals surface area (Å²) in [7, 11) is 0. The molecule has 1 aliphatic heterocycles. The van der Waals surface area contributed by atoms with Gasteiger partial charge >= 0.3 is 0 Å². The van der Waals surface area contributed by atoms with Crippen molar-refractivity contribution in [2.75, 3.05) is 26.2 Å². The minimum Gasteiger partial charge on any atom is -0.393 e. The van der Waals surface area contributed by atoms with Crippen molar-refractivity contribution in [2.45, 2.75) is 57.7 Å². The van der Waals surface area contributed by atoms with Gasteiger partial charge in [0.2, 0.25) is 0 Å². The van der Waals surface area contributed by atoms with Crippen LogP contribution in [0.2, 0.25) is 0 Å². The van der Waals surface area contributed by atoms with Crippen molar-refractivity contribution in [2.24, 2.45) is 11.5 Å². The molecule has 116 valence electrons. The molecule has 1 rings (SSSR count). The zero-order chi connectivity index (χ0) is 15.1. The first-order chi connectivity index (χ1) is 8.67. The van der Waals surface area contributed by atoms with E-state index in [-0.39, 0.29) is 17.2 Å². The molecule has 1 saturated heterocycles. The van der Waals surface area contributed by atoms with Gasteiger partial charge in [0.25, 0.3) is 0 Å². The molecule has 1 heterocycles. The number of rotatable bonds is 4. The third-order valence-corrected chi connectivity index (χ3v) is 3.26. The first-order valence-corrected chi connectivity index (χ1v) is 6.95. The third kappa shape index (κ3) is 6.65. The highest BCUT2D eigenvalue weighted by Gasteiger charge is 2.44. The Hall–Kier alpha value is -0.240. The zero-order valence-corrected chi connectivity index (χ0v) is 12.8. The number of nitrogens with zero attached hydrogens (tertiary/aromatic N) is 1. The van der Waals surface area contributed by atoms with Gasteiger partial charge in [-0.2, -0.15) is 5.06 Å². The number of aliphatic hydroxyl groups is 1. The first kappa shape index (κ1) is 18.8. The van der Waals surface area contributed by atoms with Crippen LogP contribution in [0.4, 0.5) is 0 Å². The highest BCUT2D eigenvalue weighted by atomic mass is 16.5. The normalized spacial score (nSPS) is 22.7. The maximum absolute atomic E-state index is 9.80. The summed E-state index contributed by atoms with van der Waals surface area (Å²) in [5, 5.41) is 23.8. The summed E-state index contributed by atoms with van der Waals surface area (Å²) in [5.41, 5.74) is 9.70. The Morgan fingerprint density at radius 3 is 1.74 bits per heavy atom. The van der Waals surface area contributed by atoms with Crippen LogP contribution in [0.3, 0.4) is 0 Å². The van der Waals surface area contributed by atoms with Crippen LogP contribution in [-0.2, 0) is 0 Å². The van der Waals surface area contributed by atoms with E-state index in [2.05, 4.69) is 5.32 Å². The molecule has 0 bridgehead atoms. The van der Waals surface area contributed by atoms with Gasteiger partial charge in [0.15, 0.2) is 0 Å². The standard InChI is InChI=1S/C9H19NO2.C4H13N3/c1-8(2)5-7(11)6-9(3,4)10(8)12;5-1-3-7-4-2-6/h7,11-12H,5-6H2,1-4H3;7H,1-6H2. The van der Waals surface area contributed by atoms with Gasteiger partial charge in [-0.1, -0.05) is 0 Å². The number of piperidine rings is 1. The fourth-order valence-electron chi connectivity index (χ4n) is 2.55. The topological polar surface area (TPSA) is 108 Å². The van der Waals surface area contributed by atoms with Crippen LogP contribution in [0.5, 0.6) is 0 Å². The number of hydrogen-bond acceptors (Lipinski definition) is 6. The molecule has 0 aromatic rings. The van der Waals surface area contributed by atoms with E-state index in [0.717, 1.165) is 13.1 Å². The van der Waals surface area contributed by atoms with Crippen molar-refractivity contribution in [3.05, 3.63) is 0 Å². The van der Waals surface area contributed by atoms with Gasteiger partial charge in [0.05, 0.1) is 6.10 Å². The summed E-state index contributed by atoms with van der Waals surface area (Å²) in [6.07, 6.45) is 0.971. The van der Waals surface area contributed by atoms with Gasteiger partial charge in [-0.3, -0.25) is 0 Å². The minimum absolute atomic E-state index is 0.293. The Morgan fingerprint density at radius 2 is 1.42 bits per heavy atom. The molecule has 0 aromatic heterocycles. The number of nitrogens with one attached hydrogen (secondary N) is 1. The van der Waals surface area contributed by atoms with Crippen molar-refractivity contribution < 1.29 is 10.3 Å². The lowest BCUT2D eigenvalue weighted by molar-refractivity contribution is -0.257. The Labute approximate surface area is 117 Å². The number of nitrogens with two attached hydrogens (primary N) is 2. The van der Waals surface area contributed by atoms with Gasteiger partial charge in [0, 0.05) is 37.3 Å². The van der Waals surface area contributed by atoms with E-state index in [1.54, 1.807) is 0 Å². The largest absolute Gasteiger partial charge is 0.393 e. The second-order valence-electron chi connectivity index (χ2n) is 6.33. The van der Waals surface area contributed by atoms with Crippen LogP contribution in [0.1, 0.15) is 40.5 Å². The molecule has 0 saturated carbocycles. The van der Waals surface area contributed by atoms with Crippen molar-refractivity contribution in [1.29, 1.82) is 0 Å². The SMILES string of the molecule is CC1(C)CC(O)CC(C)(C)N1O.NCCNCCN. The zero-order valence-electron chi connectivity index (χ0n) is 12.8. The van der Waals surface area contributed by atoms with Crippen molar-refractivity contribution in [3.63, 3.8) is 0 Å². The quantitative estimate of drug-likeness (QED) is 0.458. The van der Waals surface area contributed by atoms with E-state index in [9.17, 15) is 10.3 Å². The second-order valence-corrected chi connectivity index (χ2v) is 6.33. The van der Waals surface area contributed by atoms with Crippen molar-refractivity contribution >= 4 is 0 Å². The number of aliphatic hydroxyl groups excluding tert-OH is 1. The summed E-state index contributed by atoms with van der Waals surface area (Å²) in [5.74, 6) is 0. The maximum Gasteiger partial charge on any atom is 0.0576 e. The van der Waals surface area contributed by atoms with Crippen LogP contribution in [0.25, 0.3) is 0 Å². The maximum atomic E-state index is 9.80. The fraction of sp³-hybridized carbons (Fsp3) is 1.00. The van der Waals surface area contributed by atoms with Crippen LogP contribution in [0.15, 0.2) is 0 Å². The summed E-state index contributed by atoms with van der Waals surface area (Å²) in [6, 6.07) is 0. The molecule has 1 fully saturated rings. The van der Waals surface area contributed by atoms with E-state index in [0.29, 0.717) is 25.9 Å². The van der Waals surface area contributed by atoms with Crippen LogP contribution in [-0.4, -0.2) is 58.7 Å². The van der Waals surface area contributed by atoms with E-state index >= 15 is 0 Å². The summed E-state index contributed by atoms with van der Waals surface area (Å²) < 4.78 is 0. The highest BCUT2D eigenvalue weighted by molar-refractivity contribution is 4.95. The van der Waals surface area contributed by atoms with E-state index in [1.165, 1.54) is 5.06 Å². The first-order valence-electron chi connectivity index (χ1n) is 6.95. The lowest BCUT2D eigenvalue weighted by Gasteiger charge is -2.50. The molecular formula is C13H32N4O2. The molecule has 0 aromatic carbocycles. The molecule has 0 radical (unpaired) electrons. The van der Waals surface area contributed by atoms with Gasteiger partial charge < -0.3 is 27.1 Å². The molecule has 0 atom stereocenters. The minimum atomic E-state index is -0.318. The molecule has 7 N–H and O–H groups in total. The Balaban J connectivity index is 0.000000399. The molecule has 0 spiro atoms. The second kappa shape index (κ2) is 8.14. The van der Waals surface area contributed by atoms with Crippen LogP contribution in [0, 0.1) is 0 Å². The summed E-state index contributed by atoms with van der Waals surface area (Å²) in [4.78, 5) is 0. The van der Waals surface area contributed by atoms with E-state index in [1.807, 2.05) is 27.7 Å². The molecule has 0 unspecified atom stereocenters.